The number of nitrogens with one attached hydrogen (secondary N) is 5. The molecule has 0 aliphatic carbocycles. The van der Waals surface area contributed by atoms with Gasteiger partial charge < -0.3 is 98.6 Å². The molecule has 3 aliphatic heterocycles. The number of aliphatic carboxylic acids is 1. The first-order chi connectivity index (χ1) is 62.4. The maximum atomic E-state index is 15.3. The molecule has 18 atom stereocenters. The average molecular weight is 1900 g/mol. The highest BCUT2D eigenvalue weighted by molar-refractivity contribution is 8.77. The second kappa shape index (κ2) is 54.2. The molecule has 0 bridgehead atoms. The molecule has 10 amide bonds. The van der Waals surface area contributed by atoms with Crippen molar-refractivity contribution in [1.82, 2.24) is 51.1 Å². The number of nitrogens with two attached hydrogens (primary N) is 4. The summed E-state index contributed by atoms with van der Waals surface area (Å²) in [4.78, 5) is 217. The highest BCUT2D eigenvalue weighted by atomic mass is 33.1. The number of aliphatic hydroxyl groups excluding tert-OH is 1. The fraction of sp³-hybridized carbons (Fsp3) is 0.705. The Kier molecular flexibility index (Phi) is 46.4. The number of carboxylic acid groups (broad SMARTS) is 1. The van der Waals surface area contributed by atoms with Crippen LogP contribution in [0.15, 0.2) is 64.6 Å². The first-order valence-electron chi connectivity index (χ1n) is 46.8. The Hall–Kier alpha value is -9.66. The number of hydrogen-bond acceptors (Lipinski definition) is 23. The van der Waals surface area contributed by atoms with Gasteiger partial charge in [0.1, 0.15) is 36.5 Å². The van der Waals surface area contributed by atoms with Crippen LogP contribution < -0.4 is 49.5 Å². The van der Waals surface area contributed by atoms with E-state index in [0.717, 1.165) is 0 Å². The van der Waals surface area contributed by atoms with Crippen molar-refractivity contribution in [2.24, 2.45) is 85.7 Å². The van der Waals surface area contributed by atoms with Gasteiger partial charge in [-0.3, -0.25) is 77.2 Å². The molecule has 746 valence electrons. The molecule has 2 aromatic rings. The molecule has 3 aliphatic rings. The lowest BCUT2D eigenvalue weighted by molar-refractivity contribution is -0.148. The van der Waals surface area contributed by atoms with Gasteiger partial charge in [-0.15, -0.1) is 0 Å². The number of ketones is 3. The van der Waals surface area contributed by atoms with Crippen LogP contribution in [0.5, 0.6) is 5.75 Å². The quantitative estimate of drug-likeness (QED) is 0.0138. The van der Waals surface area contributed by atoms with Crippen molar-refractivity contribution < 1.29 is 96.7 Å². The summed E-state index contributed by atoms with van der Waals surface area (Å²) in [6.07, 6.45) is -1.15. The summed E-state index contributed by atoms with van der Waals surface area (Å²) in [5, 5.41) is 45.7. The van der Waals surface area contributed by atoms with Crippen LogP contribution in [-0.2, 0) is 83.0 Å². The predicted molar refractivity (Wildman–Crippen MR) is 512 cm³/mol. The smallest absolute Gasteiger partial charge is 0.410 e. The number of hydrogen-bond donors (Lipinski definition) is 12. The van der Waals surface area contributed by atoms with Crippen molar-refractivity contribution in [3.05, 3.63) is 65.7 Å². The molecule has 2 aromatic carbocycles. The van der Waals surface area contributed by atoms with Gasteiger partial charge in [0.25, 0.3) is 0 Å². The molecule has 36 nitrogen and oxygen atoms in total. The third kappa shape index (κ3) is 34.3. The average Bonchev–Trinajstić information content (AvgIpc) is 1.76. The summed E-state index contributed by atoms with van der Waals surface area (Å²) in [5.74, 6) is -12.9. The van der Waals surface area contributed by atoms with Gasteiger partial charge in [-0.2, -0.15) is 0 Å². The second-order valence-electron chi connectivity index (χ2n) is 38.6. The summed E-state index contributed by atoms with van der Waals surface area (Å²) in [5.41, 5.74) is 23.1. The van der Waals surface area contributed by atoms with Gasteiger partial charge in [-0.25, -0.2) is 4.79 Å². The molecule has 16 N–H and O–H groups in total. The first kappa shape index (κ1) is 114. The van der Waals surface area contributed by atoms with Gasteiger partial charge in [0, 0.05) is 110 Å². The highest BCUT2D eigenvalue weighted by Crippen LogP contribution is 2.41. The van der Waals surface area contributed by atoms with E-state index in [2.05, 4.69) is 36.6 Å². The van der Waals surface area contributed by atoms with Gasteiger partial charge in [0.05, 0.1) is 72.8 Å². The lowest BCUT2D eigenvalue weighted by atomic mass is 9.80. The van der Waals surface area contributed by atoms with Crippen molar-refractivity contribution in [3.63, 3.8) is 0 Å². The monoisotopic (exact) mass is 1900 g/mol. The number of rotatable bonds is 55. The molecular weight excluding hydrogens is 1750 g/mol. The SMILES string of the molecule is CC[C@H](C)[C@@H]([C@@H](CC(=O)N1CCC[C@H]1[C@H](OC)[C@@H](C)C(=O)N[C@H](C)[C@@H](O)c1ccccc1)OC)N(C)C(=O)[C@@H](NC(=O)[C@H](C(C)C)N(C)C(=O)OCCSSC(C)(C)[C@H](NC(C)=O)C(=O)N1CCC[C@H]1C(=O)N[C@@H](CCCN=C(N)N)C(=O)C[C@@H](CCCN=C(N)N)C(=O)N1CCC[C@H]1C(=O)C[C@@H](Cc1ccc(O)cc1)C(=O)N[C@H](C(=O)C[C@@H](CC(C)C)C(=O)O)C(C)(C)C)C(C)C. The topological polar surface area (TPSA) is 533 Å². The number of nitrogens with zero attached hydrogens (tertiary/aromatic N) is 7. The zero-order chi connectivity index (χ0) is 99.8. The number of amides is 10. The van der Waals surface area contributed by atoms with Crippen molar-refractivity contribution in [3.8, 4) is 5.75 Å². The van der Waals surface area contributed by atoms with E-state index >= 15 is 19.2 Å². The molecule has 0 aromatic heterocycles. The number of carboxylic acids is 1. The number of Topliss-reactive ketones (excluding diaryl/α,β-unsaturated/α-hetero) is 3. The molecule has 133 heavy (non-hydrogen) atoms. The number of phenolic OH excluding ortho intramolecular Hbond substituents is 1. The minimum absolute atomic E-state index is 0.0282. The van der Waals surface area contributed by atoms with Crippen LogP contribution in [0.25, 0.3) is 0 Å². The van der Waals surface area contributed by atoms with E-state index in [1.807, 2.05) is 45.9 Å². The Labute approximate surface area is 793 Å². The minimum atomic E-state index is -1.28. The number of likely N-dealkylation sites (N-methyl/N-ethyl adjacent to an activating group) is 2. The third-order valence-electron chi connectivity index (χ3n) is 25.5. The maximum absolute atomic E-state index is 15.3. The molecule has 0 spiro atoms. The van der Waals surface area contributed by atoms with E-state index < -0.39 is 208 Å². The summed E-state index contributed by atoms with van der Waals surface area (Å²) in [7, 11) is 8.48. The van der Waals surface area contributed by atoms with E-state index in [1.54, 1.807) is 112 Å². The Balaban J connectivity index is 1.27. The van der Waals surface area contributed by atoms with Crippen LogP contribution in [0.3, 0.4) is 0 Å². The molecule has 0 radical (unpaired) electrons. The molecule has 38 heteroatoms. The molecule has 3 saturated heterocycles. The number of carbonyl (C=O) groups is 14. The third-order valence-corrected chi connectivity index (χ3v) is 28.8. The van der Waals surface area contributed by atoms with Gasteiger partial charge >= 0.3 is 12.1 Å². The van der Waals surface area contributed by atoms with Crippen molar-refractivity contribution in [2.75, 3.05) is 73.4 Å². The number of aromatic hydroxyl groups is 1. The molecular formula is C95H154N16O20S2. The lowest BCUT2D eigenvalue weighted by Gasteiger charge is -2.41. The van der Waals surface area contributed by atoms with Crippen molar-refractivity contribution in [1.29, 1.82) is 0 Å². The van der Waals surface area contributed by atoms with Crippen molar-refractivity contribution in [2.45, 2.75) is 303 Å². The van der Waals surface area contributed by atoms with Crippen LogP contribution in [0.4, 0.5) is 4.79 Å². The number of carbonyl (C=O) groups excluding carboxylic acids is 13. The Bertz CT molecular complexity index is 4260. The van der Waals surface area contributed by atoms with Gasteiger partial charge in [0.15, 0.2) is 29.3 Å². The first-order valence-corrected chi connectivity index (χ1v) is 49.1. The summed E-state index contributed by atoms with van der Waals surface area (Å²) in [6, 6.07) is 5.17. The van der Waals surface area contributed by atoms with Crippen LogP contribution >= 0.6 is 21.6 Å². The summed E-state index contributed by atoms with van der Waals surface area (Å²) in [6.45, 7) is 28.6. The molecule has 5 rings (SSSR count). The van der Waals surface area contributed by atoms with Gasteiger partial charge in [-0.1, -0.05) is 154 Å². The van der Waals surface area contributed by atoms with E-state index in [1.165, 1.54) is 81.5 Å². The van der Waals surface area contributed by atoms with Crippen LogP contribution in [0.2, 0.25) is 0 Å². The standard InChI is InChI=1S/C95H154N16O20S2/c1-21-57(8)78(74(129-19)53-75(117)109-43-28-35-69(109)80(130-20)58(9)83(119)102-59(10)79(118)62-30-23-22-24-31-62)107(17)88(124)76(55(4)5)105-86(122)77(56(6)7)108(18)93(128)131-46-47-132-133-95(15,16)82(103-60(11)112)89(125)111-45-29-36-70(111)85(121)104-67(33-26-42-101-92(98)99)71(114)50-63(32-25-41-100-91(96)97)87(123)110-44-27-34-68(110)72(115)51-64(49-61-37-39-66(113)40-38-61)84(120)106-81(94(12,13)14)73(116)52-65(90(126)127)48-54(2)3/h22-24,30-31,37-40,54-59,63-65,67-70,74,76-82,113,118H,21,25-29,32-36,41-53H2,1-20H3,(H,102,119)(H,103,112)(H,104,121)(H,105,122)(H,106,120)(H,126,127)(H4,96,97,100)(H4,98,99,101)/t57-,58+,59+,63+,64+,65+,67-,68-,69-,70-,74+,76-,77-,78-,79+,80+,81+,82+/m0/s1. The lowest BCUT2D eigenvalue weighted by Crippen LogP contribution is -2.60. The second-order valence-corrected chi connectivity index (χ2v) is 41.7. The molecule has 3 heterocycles. The number of ether oxygens (including phenoxy) is 3. The zero-order valence-corrected chi connectivity index (χ0v) is 83.5. The normalized spacial score (nSPS) is 18.6. The fourth-order valence-electron chi connectivity index (χ4n) is 18.1. The molecule has 3 fully saturated rings. The summed E-state index contributed by atoms with van der Waals surface area (Å²) >= 11 is 0. The predicted octanol–water partition coefficient (Wildman–Crippen LogP) is 6.95. The number of guanidine groups is 2. The number of benzene rings is 2. The van der Waals surface area contributed by atoms with E-state index in [9.17, 15) is 63.3 Å². The highest BCUT2D eigenvalue weighted by Gasteiger charge is 2.49. The number of aliphatic hydroxyl groups is 1. The molecule has 0 unspecified atom stereocenters. The fourth-order valence-corrected chi connectivity index (χ4v) is 20.6. The maximum Gasteiger partial charge on any atom is 0.410 e. The number of methoxy groups -OCH3 is 2. The van der Waals surface area contributed by atoms with Crippen molar-refractivity contribution >= 4 is 116 Å². The Morgan fingerprint density at radius 1 is 0.624 bits per heavy atom. The van der Waals surface area contributed by atoms with Gasteiger partial charge in [-0.05, 0) is 150 Å². The zero-order valence-electron chi connectivity index (χ0n) is 81.8. The van der Waals surface area contributed by atoms with Crippen LogP contribution in [0.1, 0.15) is 231 Å². The van der Waals surface area contributed by atoms with Crippen LogP contribution in [0, 0.1) is 52.8 Å². The van der Waals surface area contributed by atoms with E-state index in [4.69, 9.17) is 37.1 Å². The van der Waals surface area contributed by atoms with E-state index in [0.29, 0.717) is 49.8 Å². The minimum Gasteiger partial charge on any atom is -0.508 e. The Morgan fingerprint density at radius 3 is 1.75 bits per heavy atom. The number of aliphatic imine (C=N–C) groups is 2. The van der Waals surface area contributed by atoms with Crippen LogP contribution in [-0.4, -0.2) is 285 Å². The number of likely N-dealkylation sites (tertiary alicyclic amines) is 3. The van der Waals surface area contributed by atoms with Gasteiger partial charge in [0.2, 0.25) is 53.2 Å². The largest absolute Gasteiger partial charge is 0.508 e. The Morgan fingerprint density at radius 2 is 1.20 bits per heavy atom. The molecule has 0 saturated carbocycles. The number of phenols is 1. The summed E-state index contributed by atoms with van der Waals surface area (Å²) < 4.78 is 16.8. The van der Waals surface area contributed by atoms with E-state index in [-0.39, 0.29) is 144 Å².